The standard InChI is InChI=1S/C19H15N3O5/c1-2-11-27-17-13(7-6-10-16(17)22(25)26)12-15-18(23)20-21(19(15)24)14-8-4-3-5-9-14/h2-10,12H,1,11H2,(H,20,23)/b15-12-. The molecule has 0 saturated carbocycles. The lowest BCUT2D eigenvalue weighted by atomic mass is 10.1. The predicted octanol–water partition coefficient (Wildman–Crippen LogP) is 2.62. The summed E-state index contributed by atoms with van der Waals surface area (Å²) in [6, 6.07) is 12.9. The first kappa shape index (κ1) is 17.9. The van der Waals surface area contributed by atoms with Gasteiger partial charge in [-0.1, -0.05) is 43.0 Å². The third-order valence-electron chi connectivity index (χ3n) is 3.77. The third-order valence-corrected chi connectivity index (χ3v) is 3.77. The summed E-state index contributed by atoms with van der Waals surface area (Å²) in [6.45, 7) is 3.55. The van der Waals surface area contributed by atoms with Crippen molar-refractivity contribution in [3.8, 4) is 5.75 Å². The summed E-state index contributed by atoms with van der Waals surface area (Å²) in [5, 5.41) is 12.4. The average molecular weight is 365 g/mol. The van der Waals surface area contributed by atoms with E-state index in [1.165, 1.54) is 30.4 Å². The number of rotatable bonds is 6. The fourth-order valence-electron chi connectivity index (χ4n) is 2.57. The number of amides is 2. The maximum absolute atomic E-state index is 12.6. The van der Waals surface area contributed by atoms with Crippen LogP contribution in [0.2, 0.25) is 0 Å². The molecular formula is C19H15N3O5. The van der Waals surface area contributed by atoms with Gasteiger partial charge in [0.25, 0.3) is 11.8 Å². The quantitative estimate of drug-likeness (QED) is 0.279. The van der Waals surface area contributed by atoms with Gasteiger partial charge in [-0.15, -0.1) is 0 Å². The van der Waals surface area contributed by atoms with Gasteiger partial charge >= 0.3 is 5.69 Å². The molecule has 0 aromatic heterocycles. The Hall–Kier alpha value is -3.94. The molecular weight excluding hydrogens is 350 g/mol. The summed E-state index contributed by atoms with van der Waals surface area (Å²) in [4.78, 5) is 35.6. The lowest BCUT2D eigenvalue weighted by Crippen LogP contribution is -2.35. The summed E-state index contributed by atoms with van der Waals surface area (Å²) < 4.78 is 5.41. The second-order valence-electron chi connectivity index (χ2n) is 5.53. The third kappa shape index (κ3) is 3.54. The smallest absolute Gasteiger partial charge is 0.311 e. The molecule has 0 unspecified atom stereocenters. The van der Waals surface area contributed by atoms with E-state index in [0.717, 1.165) is 5.01 Å². The Kier molecular flexibility index (Phi) is 4.98. The molecule has 2 aromatic carbocycles. The molecule has 27 heavy (non-hydrogen) atoms. The highest BCUT2D eigenvalue weighted by atomic mass is 16.6. The summed E-state index contributed by atoms with van der Waals surface area (Å²) in [5.74, 6) is -1.20. The van der Waals surface area contributed by atoms with E-state index in [4.69, 9.17) is 4.74 Å². The minimum absolute atomic E-state index is 0.0336. The van der Waals surface area contributed by atoms with Crippen molar-refractivity contribution < 1.29 is 19.2 Å². The number of nitro groups is 1. The van der Waals surface area contributed by atoms with Crippen LogP contribution in [-0.2, 0) is 9.59 Å². The molecule has 0 bridgehead atoms. The summed E-state index contributed by atoms with van der Waals surface area (Å²) in [7, 11) is 0. The van der Waals surface area contributed by atoms with E-state index in [9.17, 15) is 19.7 Å². The van der Waals surface area contributed by atoms with Gasteiger partial charge in [-0.05, 0) is 18.2 Å². The minimum atomic E-state index is -0.606. The second-order valence-corrected chi connectivity index (χ2v) is 5.53. The van der Waals surface area contributed by atoms with Crippen LogP contribution in [0.1, 0.15) is 5.56 Å². The van der Waals surface area contributed by atoms with Gasteiger partial charge < -0.3 is 4.74 Å². The Morgan fingerprint density at radius 2 is 1.89 bits per heavy atom. The van der Waals surface area contributed by atoms with Gasteiger partial charge in [0.2, 0.25) is 5.75 Å². The lowest BCUT2D eigenvalue weighted by Gasteiger charge is -2.13. The van der Waals surface area contributed by atoms with Crippen LogP contribution < -0.4 is 15.2 Å². The molecule has 1 fully saturated rings. The first-order valence-electron chi connectivity index (χ1n) is 7.96. The molecule has 1 heterocycles. The number of hydrogen-bond acceptors (Lipinski definition) is 5. The van der Waals surface area contributed by atoms with E-state index in [-0.39, 0.29) is 29.2 Å². The Bertz CT molecular complexity index is 953. The average Bonchev–Trinajstić information content (AvgIpc) is 2.95. The van der Waals surface area contributed by atoms with Crippen molar-refractivity contribution in [3.05, 3.63) is 82.4 Å². The number of para-hydroxylation sites is 2. The Labute approximate surface area is 154 Å². The number of ether oxygens (including phenoxy) is 1. The van der Waals surface area contributed by atoms with Crippen molar-refractivity contribution >= 4 is 29.3 Å². The zero-order chi connectivity index (χ0) is 19.4. The van der Waals surface area contributed by atoms with E-state index < -0.39 is 16.7 Å². The fraction of sp³-hybridized carbons (Fsp3) is 0.0526. The fourth-order valence-corrected chi connectivity index (χ4v) is 2.57. The van der Waals surface area contributed by atoms with Gasteiger partial charge in [-0.2, -0.15) is 0 Å². The van der Waals surface area contributed by atoms with Crippen LogP contribution in [0.25, 0.3) is 6.08 Å². The van der Waals surface area contributed by atoms with Crippen molar-refractivity contribution in [3.63, 3.8) is 0 Å². The van der Waals surface area contributed by atoms with Crippen LogP contribution in [0.3, 0.4) is 0 Å². The SMILES string of the molecule is C=CCOc1c(/C=C2/C(=O)NN(c3ccccc3)C2=O)cccc1[N+](=O)[O-]. The van der Waals surface area contributed by atoms with Crippen LogP contribution in [0.15, 0.2) is 66.8 Å². The molecule has 3 rings (SSSR count). The van der Waals surface area contributed by atoms with Gasteiger partial charge in [-0.3, -0.25) is 25.1 Å². The zero-order valence-electron chi connectivity index (χ0n) is 14.1. The van der Waals surface area contributed by atoms with Crippen molar-refractivity contribution in [1.29, 1.82) is 0 Å². The number of carbonyl (C=O) groups excluding carboxylic acids is 2. The number of carbonyl (C=O) groups is 2. The van der Waals surface area contributed by atoms with Crippen LogP contribution in [-0.4, -0.2) is 23.3 Å². The number of hydrogen-bond donors (Lipinski definition) is 1. The molecule has 1 aliphatic rings. The number of nitrogens with zero attached hydrogens (tertiary/aromatic N) is 2. The van der Waals surface area contributed by atoms with Crippen molar-refractivity contribution in [2.75, 3.05) is 11.6 Å². The summed E-state index contributed by atoms with van der Waals surface area (Å²) in [5.41, 5.74) is 2.81. The highest BCUT2D eigenvalue weighted by molar-refractivity contribution is 6.31. The number of nitro benzene ring substituents is 1. The van der Waals surface area contributed by atoms with E-state index >= 15 is 0 Å². The Morgan fingerprint density at radius 1 is 1.15 bits per heavy atom. The van der Waals surface area contributed by atoms with E-state index in [2.05, 4.69) is 12.0 Å². The van der Waals surface area contributed by atoms with Crippen LogP contribution in [0.4, 0.5) is 11.4 Å². The number of hydrazine groups is 1. The first-order valence-corrected chi connectivity index (χ1v) is 7.96. The van der Waals surface area contributed by atoms with E-state index in [1.807, 2.05) is 0 Å². The maximum atomic E-state index is 12.6. The molecule has 0 radical (unpaired) electrons. The highest BCUT2D eigenvalue weighted by Gasteiger charge is 2.35. The maximum Gasteiger partial charge on any atom is 0.311 e. The largest absolute Gasteiger partial charge is 0.482 e. The van der Waals surface area contributed by atoms with E-state index in [1.54, 1.807) is 30.3 Å². The molecule has 2 amide bonds. The zero-order valence-corrected chi connectivity index (χ0v) is 14.1. The van der Waals surface area contributed by atoms with Gasteiger partial charge in [0, 0.05) is 11.6 Å². The highest BCUT2D eigenvalue weighted by Crippen LogP contribution is 2.33. The normalized spacial score (nSPS) is 15.0. The first-order chi connectivity index (χ1) is 13.0. The van der Waals surface area contributed by atoms with Gasteiger partial charge in [-0.25, -0.2) is 5.01 Å². The second kappa shape index (κ2) is 7.52. The van der Waals surface area contributed by atoms with Crippen molar-refractivity contribution in [1.82, 2.24) is 5.43 Å². The van der Waals surface area contributed by atoms with Crippen LogP contribution >= 0.6 is 0 Å². The summed E-state index contributed by atoms with van der Waals surface area (Å²) in [6.07, 6.45) is 2.73. The van der Waals surface area contributed by atoms with Crippen molar-refractivity contribution in [2.45, 2.75) is 0 Å². The minimum Gasteiger partial charge on any atom is -0.482 e. The number of benzene rings is 2. The lowest BCUT2D eigenvalue weighted by molar-refractivity contribution is -0.385. The molecule has 136 valence electrons. The molecule has 8 nitrogen and oxygen atoms in total. The van der Waals surface area contributed by atoms with Gasteiger partial charge in [0.1, 0.15) is 12.2 Å². The Balaban J connectivity index is 2.02. The molecule has 8 heteroatoms. The number of nitrogens with one attached hydrogen (secondary N) is 1. The van der Waals surface area contributed by atoms with Gasteiger partial charge in [0.05, 0.1) is 10.6 Å². The predicted molar refractivity (Wildman–Crippen MR) is 98.8 cm³/mol. The number of anilines is 1. The van der Waals surface area contributed by atoms with Crippen molar-refractivity contribution in [2.24, 2.45) is 0 Å². The molecule has 1 aliphatic heterocycles. The topological polar surface area (TPSA) is 102 Å². The Morgan fingerprint density at radius 3 is 2.56 bits per heavy atom. The summed E-state index contributed by atoms with van der Waals surface area (Å²) >= 11 is 0. The van der Waals surface area contributed by atoms with Crippen LogP contribution in [0, 0.1) is 10.1 Å². The molecule has 1 N–H and O–H groups in total. The van der Waals surface area contributed by atoms with Crippen LogP contribution in [0.5, 0.6) is 5.75 Å². The monoisotopic (exact) mass is 365 g/mol. The van der Waals surface area contributed by atoms with Gasteiger partial charge in [0.15, 0.2) is 0 Å². The van der Waals surface area contributed by atoms with E-state index in [0.29, 0.717) is 5.69 Å². The molecule has 2 aromatic rings. The molecule has 0 spiro atoms. The molecule has 1 saturated heterocycles. The molecule has 0 atom stereocenters. The molecule has 0 aliphatic carbocycles.